The number of benzene rings is 1. The van der Waals surface area contributed by atoms with E-state index in [9.17, 15) is 13.2 Å². The van der Waals surface area contributed by atoms with Crippen LogP contribution in [0.1, 0.15) is 5.56 Å². The van der Waals surface area contributed by atoms with Crippen molar-refractivity contribution < 1.29 is 13.2 Å². The average Bonchev–Trinajstić information content (AvgIpc) is 2.77. The van der Waals surface area contributed by atoms with Crippen molar-refractivity contribution in [1.29, 1.82) is 0 Å². The van der Waals surface area contributed by atoms with Crippen LogP contribution in [0.15, 0.2) is 36.7 Å². The number of anilines is 1. The number of nitrogens with zero attached hydrogens (tertiary/aromatic N) is 1. The third-order valence-electron chi connectivity index (χ3n) is 2.34. The molecule has 0 fully saturated rings. The molecule has 0 amide bonds. The number of hydrogen-bond acceptors (Lipinski definition) is 3. The highest BCUT2D eigenvalue weighted by atomic mass is 35.5. The van der Waals surface area contributed by atoms with Gasteiger partial charge in [0.05, 0.1) is 11.9 Å². The highest BCUT2D eigenvalue weighted by molar-refractivity contribution is 6.30. The molecule has 2 N–H and O–H groups in total. The summed E-state index contributed by atoms with van der Waals surface area (Å²) >= 11 is 5.81. The molecule has 0 aromatic heterocycles. The normalized spacial score (nSPS) is 15.3. The Balaban J connectivity index is 2.35. The van der Waals surface area contributed by atoms with E-state index >= 15 is 0 Å². The fourth-order valence-electron chi connectivity index (χ4n) is 1.50. The molecule has 1 heterocycles. The Bertz CT molecular complexity index is 511. The van der Waals surface area contributed by atoms with Crippen LogP contribution < -0.4 is 16.0 Å². The molecule has 7 heteroatoms. The fraction of sp³-hybridized carbons (Fsp3) is 0.0909. The summed E-state index contributed by atoms with van der Waals surface area (Å²) in [4.78, 5) is 0. The van der Waals surface area contributed by atoms with E-state index in [1.165, 1.54) is 11.1 Å². The maximum Gasteiger partial charge on any atom is 0.433 e. The van der Waals surface area contributed by atoms with Crippen LogP contribution in [0.5, 0.6) is 0 Å². The van der Waals surface area contributed by atoms with Crippen LogP contribution in [0, 0.1) is 0 Å². The molecule has 0 unspecified atom stereocenters. The van der Waals surface area contributed by atoms with Crippen LogP contribution in [0.25, 0.3) is 6.08 Å². The van der Waals surface area contributed by atoms with E-state index in [4.69, 9.17) is 11.6 Å². The van der Waals surface area contributed by atoms with Crippen molar-refractivity contribution in [3.8, 4) is 0 Å². The summed E-state index contributed by atoms with van der Waals surface area (Å²) in [5.41, 5.74) is 4.73. The molecule has 0 saturated carbocycles. The minimum atomic E-state index is -4.43. The number of alkyl halides is 3. The Morgan fingerprint density at radius 2 is 2.06 bits per heavy atom. The average molecular weight is 276 g/mol. The van der Waals surface area contributed by atoms with Crippen LogP contribution >= 0.6 is 11.6 Å². The monoisotopic (exact) mass is 275 g/mol. The highest BCUT2D eigenvalue weighted by Gasteiger charge is 2.37. The van der Waals surface area contributed by atoms with Gasteiger partial charge in [-0.15, -0.1) is 5.53 Å². The number of nitrogens with one attached hydrogen (secondary N) is 2. The van der Waals surface area contributed by atoms with Gasteiger partial charge >= 0.3 is 6.18 Å². The maximum absolute atomic E-state index is 12.5. The van der Waals surface area contributed by atoms with Gasteiger partial charge in [0.1, 0.15) is 0 Å². The molecule has 2 rings (SSSR count). The second-order valence-corrected chi connectivity index (χ2v) is 3.99. The third kappa shape index (κ3) is 2.44. The molecule has 1 aliphatic heterocycles. The first kappa shape index (κ1) is 12.8. The van der Waals surface area contributed by atoms with E-state index in [0.29, 0.717) is 16.3 Å². The largest absolute Gasteiger partial charge is 0.433 e. The first-order chi connectivity index (χ1) is 8.41. The zero-order valence-corrected chi connectivity index (χ0v) is 9.81. The number of hydrazine groups is 2. The minimum Gasteiger partial charge on any atom is -0.298 e. The van der Waals surface area contributed by atoms with Crippen molar-refractivity contribution in [1.82, 2.24) is 11.0 Å². The van der Waals surface area contributed by atoms with E-state index in [-0.39, 0.29) is 0 Å². The summed E-state index contributed by atoms with van der Waals surface area (Å²) in [6.07, 6.45) is -1.99. The Morgan fingerprint density at radius 1 is 1.33 bits per heavy atom. The van der Waals surface area contributed by atoms with E-state index in [2.05, 4.69) is 17.5 Å². The van der Waals surface area contributed by atoms with Gasteiger partial charge in [0, 0.05) is 10.6 Å². The van der Waals surface area contributed by atoms with Gasteiger partial charge in [-0.25, -0.2) is 0 Å². The number of allylic oxidation sites excluding steroid dienone is 1. The standard InChI is InChI=1S/C11H9ClF3N3/c1-2-7-5-8(12)3-4-9(7)18-6-10(16-17-18)11(13,14)15/h2-6,16-17H,1H2. The number of hydrogen-bond donors (Lipinski definition) is 2. The Morgan fingerprint density at radius 3 is 2.61 bits per heavy atom. The third-order valence-corrected chi connectivity index (χ3v) is 2.58. The summed E-state index contributed by atoms with van der Waals surface area (Å²) in [7, 11) is 0. The summed E-state index contributed by atoms with van der Waals surface area (Å²) in [6.45, 7) is 3.60. The van der Waals surface area contributed by atoms with Gasteiger partial charge < -0.3 is 0 Å². The molecule has 0 radical (unpaired) electrons. The zero-order valence-electron chi connectivity index (χ0n) is 9.05. The highest BCUT2D eigenvalue weighted by Crippen LogP contribution is 2.30. The van der Waals surface area contributed by atoms with Crippen LogP contribution in [0.3, 0.4) is 0 Å². The molecular weight excluding hydrogens is 267 g/mol. The van der Waals surface area contributed by atoms with E-state index < -0.39 is 11.9 Å². The van der Waals surface area contributed by atoms with Crippen LogP contribution in [-0.4, -0.2) is 6.18 Å². The van der Waals surface area contributed by atoms with Crippen molar-refractivity contribution in [2.45, 2.75) is 6.18 Å². The summed E-state index contributed by atoms with van der Waals surface area (Å²) in [5.74, 6) is 0. The second-order valence-electron chi connectivity index (χ2n) is 3.55. The van der Waals surface area contributed by atoms with Gasteiger partial charge in [-0.05, 0) is 18.2 Å². The van der Waals surface area contributed by atoms with Gasteiger partial charge in [-0.1, -0.05) is 24.3 Å². The van der Waals surface area contributed by atoms with Crippen molar-refractivity contribution in [3.05, 3.63) is 47.3 Å². The Labute approximate surface area is 106 Å². The Hall–Kier alpha value is -1.66. The smallest absolute Gasteiger partial charge is 0.298 e. The molecule has 0 saturated heterocycles. The summed E-state index contributed by atoms with van der Waals surface area (Å²) in [6, 6.07) is 4.81. The maximum atomic E-state index is 12.5. The predicted octanol–water partition coefficient (Wildman–Crippen LogP) is 3.22. The molecule has 0 spiro atoms. The lowest BCUT2D eigenvalue weighted by atomic mass is 10.1. The molecule has 96 valence electrons. The SMILES string of the molecule is C=Cc1cc(Cl)ccc1N1C=C(C(F)(F)F)NN1. The topological polar surface area (TPSA) is 27.3 Å². The quantitative estimate of drug-likeness (QED) is 0.868. The molecule has 0 bridgehead atoms. The summed E-state index contributed by atoms with van der Waals surface area (Å²) in [5, 5.41) is 1.71. The second kappa shape index (κ2) is 4.55. The van der Waals surface area contributed by atoms with Gasteiger partial charge in [-0.2, -0.15) is 13.2 Å². The van der Waals surface area contributed by atoms with Crippen molar-refractivity contribution in [2.75, 3.05) is 5.01 Å². The van der Waals surface area contributed by atoms with Gasteiger partial charge in [0.25, 0.3) is 0 Å². The van der Waals surface area contributed by atoms with Crippen molar-refractivity contribution in [2.24, 2.45) is 0 Å². The molecule has 1 aliphatic rings. The Kier molecular flexibility index (Phi) is 3.23. The number of rotatable bonds is 2. The lowest BCUT2D eigenvalue weighted by molar-refractivity contribution is -0.0965. The summed E-state index contributed by atoms with van der Waals surface area (Å²) < 4.78 is 37.4. The van der Waals surface area contributed by atoms with Crippen molar-refractivity contribution >= 4 is 23.4 Å². The number of halogens is 4. The fourth-order valence-corrected chi connectivity index (χ4v) is 1.68. The predicted molar refractivity (Wildman–Crippen MR) is 64.4 cm³/mol. The first-order valence-electron chi connectivity index (χ1n) is 4.93. The molecule has 1 aromatic rings. The molecular formula is C11H9ClF3N3. The van der Waals surface area contributed by atoms with Gasteiger partial charge in [0.15, 0.2) is 5.70 Å². The van der Waals surface area contributed by atoms with Crippen LogP contribution in [0.4, 0.5) is 18.9 Å². The first-order valence-corrected chi connectivity index (χ1v) is 5.31. The molecule has 1 aromatic carbocycles. The lowest BCUT2D eigenvalue weighted by Gasteiger charge is -2.17. The van der Waals surface area contributed by atoms with Gasteiger partial charge in [0.2, 0.25) is 0 Å². The van der Waals surface area contributed by atoms with Gasteiger partial charge in [-0.3, -0.25) is 10.4 Å². The minimum absolute atomic E-state index is 0.487. The molecule has 0 aliphatic carbocycles. The van der Waals surface area contributed by atoms with E-state index in [1.807, 2.05) is 0 Å². The van der Waals surface area contributed by atoms with E-state index in [1.54, 1.807) is 18.2 Å². The van der Waals surface area contributed by atoms with Crippen LogP contribution in [0.2, 0.25) is 5.02 Å². The molecule has 18 heavy (non-hydrogen) atoms. The van der Waals surface area contributed by atoms with Crippen LogP contribution in [-0.2, 0) is 0 Å². The van der Waals surface area contributed by atoms with E-state index in [0.717, 1.165) is 6.20 Å². The van der Waals surface area contributed by atoms with Crippen molar-refractivity contribution in [3.63, 3.8) is 0 Å². The zero-order chi connectivity index (χ0) is 13.3. The molecule has 3 nitrogen and oxygen atoms in total. The lowest BCUT2D eigenvalue weighted by Crippen LogP contribution is -2.38. The molecule has 0 atom stereocenters.